The Kier molecular flexibility index (Phi) is 2.69. The Labute approximate surface area is 119 Å². The van der Waals surface area contributed by atoms with Gasteiger partial charge in [0, 0.05) is 12.2 Å². The SMILES string of the molecule is Oc1ccc2c(c1)CCCC2N1CCc2ccccc21. The minimum atomic E-state index is 0.395. The van der Waals surface area contributed by atoms with Gasteiger partial charge in [0.15, 0.2) is 0 Å². The number of anilines is 1. The van der Waals surface area contributed by atoms with Crippen LogP contribution in [0.1, 0.15) is 35.6 Å². The molecule has 0 fully saturated rings. The van der Waals surface area contributed by atoms with Crippen molar-refractivity contribution in [2.75, 3.05) is 11.4 Å². The van der Waals surface area contributed by atoms with Gasteiger partial charge in [-0.25, -0.2) is 0 Å². The number of para-hydroxylation sites is 1. The molecule has 0 spiro atoms. The number of aromatic hydroxyl groups is 1. The predicted molar refractivity (Wildman–Crippen MR) is 81.3 cm³/mol. The van der Waals surface area contributed by atoms with E-state index in [-0.39, 0.29) is 0 Å². The van der Waals surface area contributed by atoms with E-state index >= 15 is 0 Å². The van der Waals surface area contributed by atoms with Gasteiger partial charge in [0.1, 0.15) is 5.75 Å². The van der Waals surface area contributed by atoms with Crippen molar-refractivity contribution < 1.29 is 5.11 Å². The van der Waals surface area contributed by atoms with E-state index in [1.807, 2.05) is 12.1 Å². The van der Waals surface area contributed by atoms with E-state index in [1.54, 1.807) is 0 Å². The van der Waals surface area contributed by atoms with E-state index in [0.717, 1.165) is 19.4 Å². The maximum absolute atomic E-state index is 9.68. The fraction of sp³-hybridized carbons (Fsp3) is 0.333. The molecule has 2 nitrogen and oxygen atoms in total. The summed E-state index contributed by atoms with van der Waals surface area (Å²) in [6.45, 7) is 1.12. The van der Waals surface area contributed by atoms with Crippen molar-refractivity contribution in [1.29, 1.82) is 0 Å². The number of phenols is 1. The molecule has 2 heteroatoms. The van der Waals surface area contributed by atoms with Crippen LogP contribution < -0.4 is 4.90 Å². The molecule has 2 aromatic carbocycles. The van der Waals surface area contributed by atoms with E-state index in [2.05, 4.69) is 35.2 Å². The minimum Gasteiger partial charge on any atom is -0.508 e. The summed E-state index contributed by atoms with van der Waals surface area (Å²) in [5.41, 5.74) is 5.60. The normalized spacial score (nSPS) is 20.6. The summed E-state index contributed by atoms with van der Waals surface area (Å²) in [5, 5.41) is 9.68. The molecule has 20 heavy (non-hydrogen) atoms. The lowest BCUT2D eigenvalue weighted by atomic mass is 9.86. The van der Waals surface area contributed by atoms with Crippen molar-refractivity contribution in [2.45, 2.75) is 31.7 Å². The molecule has 1 aliphatic carbocycles. The van der Waals surface area contributed by atoms with Gasteiger partial charge in [-0.15, -0.1) is 0 Å². The number of hydrogen-bond acceptors (Lipinski definition) is 2. The third kappa shape index (κ3) is 1.79. The molecule has 1 heterocycles. The molecule has 0 saturated heterocycles. The molecule has 1 aliphatic heterocycles. The topological polar surface area (TPSA) is 23.5 Å². The number of hydrogen-bond donors (Lipinski definition) is 1. The fourth-order valence-corrected chi connectivity index (χ4v) is 3.79. The highest BCUT2D eigenvalue weighted by Gasteiger charge is 2.30. The maximum Gasteiger partial charge on any atom is 0.115 e. The van der Waals surface area contributed by atoms with Crippen molar-refractivity contribution in [3.8, 4) is 5.75 Å². The summed E-state index contributed by atoms with van der Waals surface area (Å²) in [5.74, 6) is 0.395. The third-order valence-electron chi connectivity index (χ3n) is 4.71. The first kappa shape index (κ1) is 11.8. The second-order valence-electron chi connectivity index (χ2n) is 5.86. The number of benzene rings is 2. The van der Waals surface area contributed by atoms with E-state index in [4.69, 9.17) is 0 Å². The fourth-order valence-electron chi connectivity index (χ4n) is 3.79. The lowest BCUT2D eigenvalue weighted by Crippen LogP contribution is -2.29. The number of nitrogens with zero attached hydrogens (tertiary/aromatic N) is 1. The van der Waals surface area contributed by atoms with Gasteiger partial charge in [-0.3, -0.25) is 0 Å². The highest BCUT2D eigenvalue weighted by Crippen LogP contribution is 2.41. The van der Waals surface area contributed by atoms with E-state index in [9.17, 15) is 5.11 Å². The Morgan fingerprint density at radius 2 is 1.90 bits per heavy atom. The van der Waals surface area contributed by atoms with Gasteiger partial charge in [-0.05, 0) is 60.6 Å². The number of fused-ring (bicyclic) bond motifs is 2. The Bertz CT molecular complexity index is 650. The first-order valence-electron chi connectivity index (χ1n) is 7.49. The predicted octanol–water partition coefficient (Wildman–Crippen LogP) is 3.83. The average molecular weight is 265 g/mol. The van der Waals surface area contributed by atoms with E-state index < -0.39 is 0 Å². The Morgan fingerprint density at radius 1 is 1.00 bits per heavy atom. The van der Waals surface area contributed by atoms with Gasteiger partial charge < -0.3 is 10.0 Å². The van der Waals surface area contributed by atoms with Gasteiger partial charge in [-0.1, -0.05) is 24.3 Å². The summed E-state index contributed by atoms with van der Waals surface area (Å²) in [6, 6.07) is 15.1. The van der Waals surface area contributed by atoms with Crippen molar-refractivity contribution in [3.05, 3.63) is 59.2 Å². The monoisotopic (exact) mass is 265 g/mol. The Hall–Kier alpha value is -1.96. The van der Waals surface area contributed by atoms with Crippen LogP contribution in [0.4, 0.5) is 5.69 Å². The molecule has 1 N–H and O–H groups in total. The van der Waals surface area contributed by atoms with Crippen molar-refractivity contribution >= 4 is 5.69 Å². The molecular weight excluding hydrogens is 246 g/mol. The highest BCUT2D eigenvalue weighted by molar-refractivity contribution is 5.60. The van der Waals surface area contributed by atoms with Crippen LogP contribution in [-0.2, 0) is 12.8 Å². The van der Waals surface area contributed by atoms with Crippen LogP contribution in [0.25, 0.3) is 0 Å². The largest absolute Gasteiger partial charge is 0.508 e. The van der Waals surface area contributed by atoms with Crippen LogP contribution in [0, 0.1) is 0 Å². The zero-order valence-corrected chi connectivity index (χ0v) is 11.5. The second kappa shape index (κ2) is 4.55. The van der Waals surface area contributed by atoms with E-state index in [1.165, 1.54) is 35.2 Å². The minimum absolute atomic E-state index is 0.395. The molecule has 102 valence electrons. The quantitative estimate of drug-likeness (QED) is 0.847. The van der Waals surface area contributed by atoms with Crippen LogP contribution in [-0.4, -0.2) is 11.7 Å². The van der Waals surface area contributed by atoms with Crippen LogP contribution in [0.3, 0.4) is 0 Å². The number of rotatable bonds is 1. The molecule has 0 amide bonds. The maximum atomic E-state index is 9.68. The molecule has 0 radical (unpaired) electrons. The lowest BCUT2D eigenvalue weighted by Gasteiger charge is -2.35. The van der Waals surface area contributed by atoms with E-state index in [0.29, 0.717) is 11.8 Å². The zero-order chi connectivity index (χ0) is 13.5. The first-order valence-corrected chi connectivity index (χ1v) is 7.49. The average Bonchev–Trinajstić information content (AvgIpc) is 2.90. The number of phenolic OH excluding ortho intramolecular Hbond substituents is 1. The molecule has 0 bridgehead atoms. The highest BCUT2D eigenvalue weighted by atomic mass is 16.3. The lowest BCUT2D eigenvalue weighted by molar-refractivity contribution is 0.470. The molecule has 1 atom stereocenters. The molecule has 1 unspecified atom stereocenters. The number of aryl methyl sites for hydroxylation is 1. The second-order valence-corrected chi connectivity index (χ2v) is 5.86. The summed E-state index contributed by atoms with van der Waals surface area (Å²) in [4.78, 5) is 2.56. The molecule has 2 aromatic rings. The van der Waals surface area contributed by atoms with Crippen LogP contribution in [0.15, 0.2) is 42.5 Å². The summed E-state index contributed by atoms with van der Waals surface area (Å²) in [6.07, 6.45) is 4.67. The van der Waals surface area contributed by atoms with Crippen LogP contribution >= 0.6 is 0 Å². The van der Waals surface area contributed by atoms with Crippen molar-refractivity contribution in [1.82, 2.24) is 0 Å². The van der Waals surface area contributed by atoms with Gasteiger partial charge in [0.05, 0.1) is 6.04 Å². The molecular formula is C18H19NO. The smallest absolute Gasteiger partial charge is 0.115 e. The molecule has 2 aliphatic rings. The van der Waals surface area contributed by atoms with Crippen LogP contribution in [0.5, 0.6) is 5.75 Å². The van der Waals surface area contributed by atoms with Crippen molar-refractivity contribution in [3.63, 3.8) is 0 Å². The Balaban J connectivity index is 1.75. The standard InChI is InChI=1S/C18H19NO/c20-15-8-9-16-14(12-15)5-3-7-18(16)19-11-10-13-4-1-2-6-17(13)19/h1-2,4,6,8-9,12,18,20H,3,5,7,10-11H2. The van der Waals surface area contributed by atoms with Gasteiger partial charge in [0.25, 0.3) is 0 Å². The zero-order valence-electron chi connectivity index (χ0n) is 11.5. The summed E-state index contributed by atoms with van der Waals surface area (Å²) >= 11 is 0. The molecule has 0 saturated carbocycles. The van der Waals surface area contributed by atoms with Crippen LogP contribution in [0.2, 0.25) is 0 Å². The van der Waals surface area contributed by atoms with Crippen molar-refractivity contribution in [2.24, 2.45) is 0 Å². The Morgan fingerprint density at radius 3 is 2.85 bits per heavy atom. The van der Waals surface area contributed by atoms with Gasteiger partial charge >= 0.3 is 0 Å². The first-order chi connectivity index (χ1) is 9.83. The molecule has 4 rings (SSSR count). The summed E-state index contributed by atoms with van der Waals surface area (Å²) < 4.78 is 0. The van der Waals surface area contributed by atoms with Gasteiger partial charge in [-0.2, -0.15) is 0 Å². The summed E-state index contributed by atoms with van der Waals surface area (Å²) in [7, 11) is 0. The van der Waals surface area contributed by atoms with Gasteiger partial charge in [0.2, 0.25) is 0 Å². The third-order valence-corrected chi connectivity index (χ3v) is 4.71. The molecule has 0 aromatic heterocycles.